The van der Waals surface area contributed by atoms with Crippen LogP contribution >= 0.6 is 0 Å². The molecule has 3 aromatic carbocycles. The molecule has 1 amide bonds. The predicted octanol–water partition coefficient (Wildman–Crippen LogP) is 4.54. The molecule has 0 aliphatic heterocycles. The van der Waals surface area contributed by atoms with Crippen molar-refractivity contribution >= 4 is 23.3 Å². The number of carbonyl (C=O) groups excluding carboxylic acids is 3. The predicted molar refractivity (Wildman–Crippen MR) is 112 cm³/mol. The van der Waals surface area contributed by atoms with Gasteiger partial charge in [-0.3, -0.25) is 9.59 Å². The highest BCUT2D eigenvalue weighted by Gasteiger charge is 2.18. The fourth-order valence-electron chi connectivity index (χ4n) is 2.81. The van der Waals surface area contributed by atoms with E-state index >= 15 is 0 Å². The zero-order valence-corrected chi connectivity index (χ0v) is 17.1. The highest BCUT2D eigenvalue weighted by atomic mass is 19.1. The third-order valence-corrected chi connectivity index (χ3v) is 4.34. The van der Waals surface area contributed by atoms with E-state index in [9.17, 15) is 23.2 Å². The Morgan fingerprint density at radius 3 is 2.31 bits per heavy atom. The second kappa shape index (κ2) is 10.3. The van der Waals surface area contributed by atoms with Crippen molar-refractivity contribution in [1.82, 2.24) is 0 Å². The number of ketones is 1. The number of halogens is 2. The van der Waals surface area contributed by atoms with Gasteiger partial charge >= 0.3 is 5.97 Å². The SMILES string of the molecule is CC(=O)Nc1ccc(C(=O)COC(=O)c2ccccc2OCc2ccc(F)cc2)c(F)c1. The number of ether oxygens (including phenoxy) is 2. The number of carbonyl (C=O) groups is 3. The number of amides is 1. The number of para-hydroxylation sites is 1. The normalized spacial score (nSPS) is 10.3. The zero-order chi connectivity index (χ0) is 23.1. The first-order valence-electron chi connectivity index (χ1n) is 9.57. The summed E-state index contributed by atoms with van der Waals surface area (Å²) in [7, 11) is 0. The summed E-state index contributed by atoms with van der Waals surface area (Å²) in [6.45, 7) is 0.689. The van der Waals surface area contributed by atoms with Crippen molar-refractivity contribution < 1.29 is 32.6 Å². The van der Waals surface area contributed by atoms with Gasteiger partial charge in [0.1, 0.15) is 29.6 Å². The Kier molecular flexibility index (Phi) is 7.28. The maximum absolute atomic E-state index is 14.2. The molecule has 3 rings (SSSR count). The molecule has 0 bridgehead atoms. The highest BCUT2D eigenvalue weighted by molar-refractivity contribution is 6.00. The van der Waals surface area contributed by atoms with Gasteiger partial charge in [-0.2, -0.15) is 0 Å². The lowest BCUT2D eigenvalue weighted by atomic mass is 10.1. The van der Waals surface area contributed by atoms with Crippen molar-refractivity contribution in [2.24, 2.45) is 0 Å². The van der Waals surface area contributed by atoms with Crippen LogP contribution in [0.3, 0.4) is 0 Å². The molecule has 0 fully saturated rings. The van der Waals surface area contributed by atoms with Crippen molar-refractivity contribution in [2.75, 3.05) is 11.9 Å². The van der Waals surface area contributed by atoms with E-state index in [0.717, 1.165) is 6.07 Å². The van der Waals surface area contributed by atoms with Gasteiger partial charge in [0.25, 0.3) is 0 Å². The van der Waals surface area contributed by atoms with Crippen LogP contribution in [0.5, 0.6) is 5.75 Å². The van der Waals surface area contributed by atoms with Crippen LogP contribution in [0.15, 0.2) is 66.7 Å². The number of anilines is 1. The third kappa shape index (κ3) is 5.98. The molecule has 8 heteroatoms. The lowest BCUT2D eigenvalue weighted by Gasteiger charge is -2.11. The van der Waals surface area contributed by atoms with E-state index in [1.54, 1.807) is 30.3 Å². The van der Waals surface area contributed by atoms with Crippen molar-refractivity contribution in [3.8, 4) is 5.75 Å². The number of nitrogens with one attached hydrogen (secondary N) is 1. The van der Waals surface area contributed by atoms with E-state index in [2.05, 4.69) is 5.32 Å². The molecule has 1 N–H and O–H groups in total. The first-order valence-corrected chi connectivity index (χ1v) is 9.57. The van der Waals surface area contributed by atoms with E-state index in [0.29, 0.717) is 5.56 Å². The first-order chi connectivity index (χ1) is 15.3. The summed E-state index contributed by atoms with van der Waals surface area (Å²) in [6.07, 6.45) is 0. The summed E-state index contributed by atoms with van der Waals surface area (Å²) >= 11 is 0. The molecule has 0 saturated heterocycles. The summed E-state index contributed by atoms with van der Waals surface area (Å²) in [4.78, 5) is 35.8. The van der Waals surface area contributed by atoms with Crippen LogP contribution < -0.4 is 10.1 Å². The van der Waals surface area contributed by atoms with E-state index < -0.39 is 24.2 Å². The topological polar surface area (TPSA) is 81.7 Å². The number of benzene rings is 3. The summed E-state index contributed by atoms with van der Waals surface area (Å²) in [5, 5.41) is 2.41. The number of hydrogen-bond acceptors (Lipinski definition) is 5. The number of Topliss-reactive ketones (excluding diaryl/α,β-unsaturated/α-hetero) is 1. The Labute approximate surface area is 182 Å². The quantitative estimate of drug-likeness (QED) is 0.412. The Morgan fingerprint density at radius 1 is 0.906 bits per heavy atom. The van der Waals surface area contributed by atoms with E-state index in [-0.39, 0.29) is 40.9 Å². The molecule has 6 nitrogen and oxygen atoms in total. The largest absolute Gasteiger partial charge is 0.488 e. The summed E-state index contributed by atoms with van der Waals surface area (Å²) in [5.74, 6) is -2.93. The number of esters is 1. The molecule has 0 unspecified atom stereocenters. The zero-order valence-electron chi connectivity index (χ0n) is 17.1. The molecule has 0 aliphatic carbocycles. The van der Waals surface area contributed by atoms with Crippen LogP contribution in [0.4, 0.5) is 14.5 Å². The average Bonchev–Trinajstić information content (AvgIpc) is 2.77. The molecule has 0 atom stereocenters. The van der Waals surface area contributed by atoms with E-state index in [4.69, 9.17) is 9.47 Å². The van der Waals surface area contributed by atoms with Crippen LogP contribution in [0.1, 0.15) is 33.2 Å². The molecule has 0 heterocycles. The minimum atomic E-state index is -0.847. The molecule has 0 aliphatic rings. The van der Waals surface area contributed by atoms with Gasteiger partial charge in [0.15, 0.2) is 6.61 Å². The van der Waals surface area contributed by atoms with Crippen molar-refractivity contribution in [3.63, 3.8) is 0 Å². The van der Waals surface area contributed by atoms with Crippen LogP contribution in [-0.2, 0) is 16.1 Å². The standard InChI is InChI=1S/C24H19F2NO5/c1-15(28)27-18-10-11-19(21(26)12-18)22(29)14-32-24(30)20-4-2-3-5-23(20)31-13-16-6-8-17(25)9-7-16/h2-12H,13-14H2,1H3,(H,27,28). The monoisotopic (exact) mass is 439 g/mol. The van der Waals surface area contributed by atoms with Gasteiger partial charge in [0.2, 0.25) is 11.7 Å². The number of hydrogen-bond donors (Lipinski definition) is 1. The van der Waals surface area contributed by atoms with Crippen LogP contribution in [0.2, 0.25) is 0 Å². The summed E-state index contributed by atoms with van der Waals surface area (Å²) < 4.78 is 37.9. The van der Waals surface area contributed by atoms with Gasteiger partial charge in [-0.25, -0.2) is 13.6 Å². The third-order valence-electron chi connectivity index (χ3n) is 4.34. The van der Waals surface area contributed by atoms with Gasteiger partial charge in [-0.1, -0.05) is 24.3 Å². The molecule has 32 heavy (non-hydrogen) atoms. The van der Waals surface area contributed by atoms with Crippen molar-refractivity contribution in [3.05, 3.63) is 95.1 Å². The summed E-state index contributed by atoms with van der Waals surface area (Å²) in [6, 6.07) is 15.6. The van der Waals surface area contributed by atoms with Crippen LogP contribution in [-0.4, -0.2) is 24.3 Å². The highest BCUT2D eigenvalue weighted by Crippen LogP contribution is 2.21. The van der Waals surface area contributed by atoms with Gasteiger partial charge in [0.05, 0.1) is 5.56 Å². The van der Waals surface area contributed by atoms with Gasteiger partial charge < -0.3 is 14.8 Å². The smallest absolute Gasteiger partial charge is 0.342 e. The lowest BCUT2D eigenvalue weighted by molar-refractivity contribution is -0.114. The van der Waals surface area contributed by atoms with Crippen LogP contribution in [0, 0.1) is 11.6 Å². The van der Waals surface area contributed by atoms with Crippen LogP contribution in [0.25, 0.3) is 0 Å². The van der Waals surface area contributed by atoms with E-state index in [1.165, 1.54) is 37.3 Å². The first kappa shape index (κ1) is 22.6. The molecule has 0 radical (unpaired) electrons. The van der Waals surface area contributed by atoms with Crippen molar-refractivity contribution in [1.29, 1.82) is 0 Å². The summed E-state index contributed by atoms with van der Waals surface area (Å²) in [5.41, 5.74) is 0.718. The Morgan fingerprint density at radius 2 is 1.62 bits per heavy atom. The number of rotatable bonds is 8. The maximum Gasteiger partial charge on any atom is 0.342 e. The Hall–Kier alpha value is -4.07. The Bertz CT molecular complexity index is 1150. The second-order valence-electron chi connectivity index (χ2n) is 6.79. The van der Waals surface area contributed by atoms with E-state index in [1.807, 2.05) is 0 Å². The molecule has 3 aromatic rings. The molecular weight excluding hydrogens is 420 g/mol. The lowest BCUT2D eigenvalue weighted by Crippen LogP contribution is -2.16. The van der Waals surface area contributed by atoms with Crippen molar-refractivity contribution in [2.45, 2.75) is 13.5 Å². The minimum absolute atomic E-state index is 0.0869. The fourth-order valence-corrected chi connectivity index (χ4v) is 2.81. The molecule has 0 aromatic heterocycles. The molecular formula is C24H19F2NO5. The minimum Gasteiger partial charge on any atom is -0.488 e. The maximum atomic E-state index is 14.2. The van der Waals surface area contributed by atoms with Gasteiger partial charge in [-0.05, 0) is 48.0 Å². The van der Waals surface area contributed by atoms with Gasteiger partial charge in [0, 0.05) is 12.6 Å². The Balaban J connectivity index is 1.63. The van der Waals surface area contributed by atoms with Gasteiger partial charge in [-0.15, -0.1) is 0 Å². The fraction of sp³-hybridized carbons (Fsp3) is 0.125. The second-order valence-corrected chi connectivity index (χ2v) is 6.79. The average molecular weight is 439 g/mol. The molecule has 0 saturated carbocycles. The molecule has 164 valence electrons. The molecule has 0 spiro atoms.